The van der Waals surface area contributed by atoms with Crippen molar-refractivity contribution in [3.8, 4) is 0 Å². The second-order valence-corrected chi connectivity index (χ2v) is 6.79. The number of sulfonamides is 1. The quantitative estimate of drug-likeness (QED) is 0.905. The third-order valence-corrected chi connectivity index (χ3v) is 4.20. The number of thiazole rings is 1. The van der Waals surface area contributed by atoms with Crippen molar-refractivity contribution in [1.29, 1.82) is 0 Å². The van der Waals surface area contributed by atoms with Gasteiger partial charge in [0.05, 0.1) is 17.6 Å². The third kappa shape index (κ3) is 3.42. The van der Waals surface area contributed by atoms with Gasteiger partial charge in [-0.05, 0) is 24.3 Å². The smallest absolute Gasteiger partial charge is 0.238 e. The summed E-state index contributed by atoms with van der Waals surface area (Å²) in [5.74, 6) is 0. The fourth-order valence-electron chi connectivity index (χ4n) is 1.31. The number of anilines is 1. The lowest BCUT2D eigenvalue weighted by Gasteiger charge is -2.04. The SMILES string of the molecule is NS(=O)(=O)c1ccc(NCc2ncc(Cl)s2)cc1. The molecule has 96 valence electrons. The lowest BCUT2D eigenvalue weighted by molar-refractivity contribution is 0.598. The van der Waals surface area contributed by atoms with Crippen molar-refractivity contribution >= 4 is 38.6 Å². The van der Waals surface area contributed by atoms with Gasteiger partial charge in [0, 0.05) is 5.69 Å². The Labute approximate surface area is 114 Å². The van der Waals surface area contributed by atoms with Crippen LogP contribution in [0.1, 0.15) is 5.01 Å². The molecule has 0 fully saturated rings. The summed E-state index contributed by atoms with van der Waals surface area (Å²) in [6, 6.07) is 6.20. The van der Waals surface area contributed by atoms with Gasteiger partial charge in [0.25, 0.3) is 0 Å². The average Bonchev–Trinajstić information content (AvgIpc) is 2.72. The molecule has 1 aromatic heterocycles. The molecule has 0 unspecified atom stereocenters. The fraction of sp³-hybridized carbons (Fsp3) is 0.100. The van der Waals surface area contributed by atoms with E-state index in [2.05, 4.69) is 10.3 Å². The van der Waals surface area contributed by atoms with E-state index >= 15 is 0 Å². The summed E-state index contributed by atoms with van der Waals surface area (Å²) in [4.78, 5) is 4.18. The summed E-state index contributed by atoms with van der Waals surface area (Å²) in [5.41, 5.74) is 0.786. The Kier molecular flexibility index (Phi) is 3.86. The Balaban J connectivity index is 2.03. The normalized spacial score (nSPS) is 11.4. The molecule has 0 aliphatic heterocycles. The van der Waals surface area contributed by atoms with Crippen LogP contribution in [0.3, 0.4) is 0 Å². The highest BCUT2D eigenvalue weighted by Crippen LogP contribution is 2.19. The lowest BCUT2D eigenvalue weighted by Crippen LogP contribution is -2.11. The molecule has 1 aromatic carbocycles. The predicted octanol–water partition coefficient (Wildman–Crippen LogP) is 2.06. The maximum absolute atomic E-state index is 11.1. The highest BCUT2D eigenvalue weighted by atomic mass is 35.5. The largest absolute Gasteiger partial charge is 0.379 e. The number of rotatable bonds is 4. The van der Waals surface area contributed by atoms with Gasteiger partial charge in [0.2, 0.25) is 10.0 Å². The predicted molar refractivity (Wildman–Crippen MR) is 72.3 cm³/mol. The number of benzene rings is 1. The van der Waals surface area contributed by atoms with Crippen LogP contribution in [0.25, 0.3) is 0 Å². The highest BCUT2D eigenvalue weighted by Gasteiger charge is 2.06. The van der Waals surface area contributed by atoms with Crippen LogP contribution in [-0.2, 0) is 16.6 Å². The zero-order chi connectivity index (χ0) is 13.2. The number of nitrogens with zero attached hydrogens (tertiary/aromatic N) is 1. The first-order chi connectivity index (χ1) is 8.45. The van der Waals surface area contributed by atoms with Crippen LogP contribution in [0.5, 0.6) is 0 Å². The van der Waals surface area contributed by atoms with Gasteiger partial charge >= 0.3 is 0 Å². The number of nitrogens with two attached hydrogens (primary N) is 1. The van der Waals surface area contributed by atoms with E-state index in [0.29, 0.717) is 10.9 Å². The average molecular weight is 304 g/mol. The zero-order valence-corrected chi connectivity index (χ0v) is 11.5. The number of primary sulfonamides is 1. The maximum Gasteiger partial charge on any atom is 0.238 e. The Morgan fingerprint density at radius 2 is 2.00 bits per heavy atom. The second-order valence-electron chi connectivity index (χ2n) is 3.48. The molecule has 0 bridgehead atoms. The van der Waals surface area contributed by atoms with Gasteiger partial charge in [-0.2, -0.15) is 0 Å². The molecule has 5 nitrogen and oxygen atoms in total. The molecular formula is C10H10ClN3O2S2. The first-order valence-corrected chi connectivity index (χ1v) is 7.66. The molecule has 18 heavy (non-hydrogen) atoms. The number of hydrogen-bond acceptors (Lipinski definition) is 5. The molecule has 0 saturated heterocycles. The summed E-state index contributed by atoms with van der Waals surface area (Å²) in [6.45, 7) is 0.534. The molecule has 0 aliphatic rings. The number of aromatic nitrogens is 1. The van der Waals surface area contributed by atoms with Crippen LogP contribution in [0.15, 0.2) is 35.4 Å². The Morgan fingerprint density at radius 1 is 1.33 bits per heavy atom. The van der Waals surface area contributed by atoms with Crippen LogP contribution < -0.4 is 10.5 Å². The minimum absolute atomic E-state index is 0.0883. The standard InChI is InChI=1S/C10H10ClN3O2S2/c11-9-5-14-10(17-9)6-13-7-1-3-8(4-2-7)18(12,15)16/h1-5,13H,6H2,(H2,12,15,16). The van der Waals surface area contributed by atoms with Crippen molar-refractivity contribution in [3.05, 3.63) is 39.8 Å². The van der Waals surface area contributed by atoms with Gasteiger partial charge in [0.15, 0.2) is 0 Å². The van der Waals surface area contributed by atoms with Gasteiger partial charge in [0.1, 0.15) is 9.34 Å². The minimum atomic E-state index is -3.64. The van der Waals surface area contributed by atoms with Gasteiger partial charge in [-0.3, -0.25) is 0 Å². The molecule has 0 atom stereocenters. The van der Waals surface area contributed by atoms with E-state index in [1.807, 2.05) is 0 Å². The van der Waals surface area contributed by atoms with E-state index in [9.17, 15) is 8.42 Å². The number of nitrogens with one attached hydrogen (secondary N) is 1. The van der Waals surface area contributed by atoms with Crippen LogP contribution >= 0.6 is 22.9 Å². The van der Waals surface area contributed by atoms with Crippen LogP contribution in [0, 0.1) is 0 Å². The monoisotopic (exact) mass is 303 g/mol. The summed E-state index contributed by atoms with van der Waals surface area (Å²) in [7, 11) is -3.64. The number of halogens is 1. The Bertz CT molecular complexity index is 637. The van der Waals surface area contributed by atoms with Gasteiger partial charge < -0.3 is 5.32 Å². The van der Waals surface area contributed by atoms with Crippen LogP contribution in [0.2, 0.25) is 4.34 Å². The summed E-state index contributed by atoms with van der Waals surface area (Å²) in [6.07, 6.45) is 1.59. The first-order valence-electron chi connectivity index (χ1n) is 4.92. The van der Waals surface area contributed by atoms with Crippen molar-refractivity contribution < 1.29 is 8.42 Å². The minimum Gasteiger partial charge on any atom is -0.379 e. The fourth-order valence-corrected chi connectivity index (χ4v) is 2.72. The maximum atomic E-state index is 11.1. The topological polar surface area (TPSA) is 85.1 Å². The Hall–Kier alpha value is -1.15. The first kappa shape index (κ1) is 13.3. The summed E-state index contributed by atoms with van der Waals surface area (Å²) >= 11 is 7.15. The van der Waals surface area contributed by atoms with E-state index in [-0.39, 0.29) is 4.90 Å². The van der Waals surface area contributed by atoms with Gasteiger partial charge in [-0.25, -0.2) is 18.5 Å². The third-order valence-electron chi connectivity index (χ3n) is 2.15. The van der Waals surface area contributed by atoms with Crippen molar-refractivity contribution in [2.45, 2.75) is 11.4 Å². The van der Waals surface area contributed by atoms with Gasteiger partial charge in [-0.15, -0.1) is 11.3 Å². The molecule has 2 rings (SSSR count). The van der Waals surface area contributed by atoms with Crippen molar-refractivity contribution in [2.75, 3.05) is 5.32 Å². The molecule has 0 spiro atoms. The molecule has 3 N–H and O–H groups in total. The molecule has 0 radical (unpaired) electrons. The molecule has 2 aromatic rings. The van der Waals surface area contributed by atoms with Gasteiger partial charge in [-0.1, -0.05) is 11.6 Å². The number of hydrogen-bond donors (Lipinski definition) is 2. The molecule has 1 heterocycles. The van der Waals surface area contributed by atoms with Crippen molar-refractivity contribution in [3.63, 3.8) is 0 Å². The van der Waals surface area contributed by atoms with E-state index < -0.39 is 10.0 Å². The van der Waals surface area contributed by atoms with Crippen LogP contribution in [-0.4, -0.2) is 13.4 Å². The van der Waals surface area contributed by atoms with Crippen LogP contribution in [0.4, 0.5) is 5.69 Å². The summed E-state index contributed by atoms with van der Waals surface area (Å²) < 4.78 is 22.8. The van der Waals surface area contributed by atoms with Crippen molar-refractivity contribution in [1.82, 2.24) is 4.98 Å². The molecule has 0 amide bonds. The molecule has 0 saturated carbocycles. The highest BCUT2D eigenvalue weighted by molar-refractivity contribution is 7.89. The molecule has 8 heteroatoms. The van der Waals surface area contributed by atoms with E-state index in [0.717, 1.165) is 10.7 Å². The molecular weight excluding hydrogens is 294 g/mol. The zero-order valence-electron chi connectivity index (χ0n) is 9.13. The summed E-state index contributed by atoms with van der Waals surface area (Å²) in [5, 5.41) is 8.97. The second kappa shape index (κ2) is 5.23. The van der Waals surface area contributed by atoms with Crippen molar-refractivity contribution in [2.24, 2.45) is 5.14 Å². The van der Waals surface area contributed by atoms with E-state index in [1.165, 1.54) is 23.5 Å². The van der Waals surface area contributed by atoms with E-state index in [4.69, 9.17) is 16.7 Å². The molecule has 0 aliphatic carbocycles. The Morgan fingerprint density at radius 3 is 2.50 bits per heavy atom. The lowest BCUT2D eigenvalue weighted by atomic mass is 10.3. The van der Waals surface area contributed by atoms with E-state index in [1.54, 1.807) is 18.3 Å².